The summed E-state index contributed by atoms with van der Waals surface area (Å²) >= 11 is 0. The lowest BCUT2D eigenvalue weighted by atomic mass is 10.1. The molecule has 0 saturated carbocycles. The van der Waals surface area contributed by atoms with Crippen molar-refractivity contribution in [3.05, 3.63) is 66.2 Å². The van der Waals surface area contributed by atoms with Crippen LogP contribution in [0.1, 0.15) is 12.0 Å². The maximum absolute atomic E-state index is 10.8. The van der Waals surface area contributed by atoms with Crippen LogP contribution in [0.4, 0.5) is 5.69 Å². The summed E-state index contributed by atoms with van der Waals surface area (Å²) in [5.41, 5.74) is 2.24. The number of hydrogen-bond acceptors (Lipinski definition) is 5. The Morgan fingerprint density at radius 2 is 1.97 bits per heavy atom. The van der Waals surface area contributed by atoms with Crippen molar-refractivity contribution >= 4 is 22.4 Å². The molecule has 0 atom stereocenters. The van der Waals surface area contributed by atoms with Crippen LogP contribution in [-0.4, -0.2) is 43.9 Å². The van der Waals surface area contributed by atoms with Gasteiger partial charge in [-0.15, -0.1) is 0 Å². The number of para-hydroxylation sites is 1. The summed E-state index contributed by atoms with van der Waals surface area (Å²) in [5, 5.41) is 14.9. The fraction of sp³-hybridized carbons (Fsp3) is 0.292. The molecule has 0 fully saturated rings. The summed E-state index contributed by atoms with van der Waals surface area (Å²) in [6, 6.07) is 20.6. The molecule has 6 heteroatoms. The number of hydrogen-bond donors (Lipinski definition) is 2. The molecule has 0 spiro atoms. The van der Waals surface area contributed by atoms with Gasteiger partial charge in [-0.1, -0.05) is 42.5 Å². The SMILES string of the molecule is O=C(O)COc1cccc2c1OCCN2CCCNCc1ccc2ccccc2c1. The highest BCUT2D eigenvalue weighted by Gasteiger charge is 2.21. The van der Waals surface area contributed by atoms with Crippen molar-refractivity contribution in [1.29, 1.82) is 0 Å². The van der Waals surface area contributed by atoms with Gasteiger partial charge in [0.05, 0.1) is 12.2 Å². The third-order valence-electron chi connectivity index (χ3n) is 5.18. The zero-order valence-electron chi connectivity index (χ0n) is 16.8. The van der Waals surface area contributed by atoms with Crippen molar-refractivity contribution in [1.82, 2.24) is 5.32 Å². The Morgan fingerprint density at radius 1 is 1.10 bits per heavy atom. The van der Waals surface area contributed by atoms with Crippen molar-refractivity contribution < 1.29 is 19.4 Å². The number of benzene rings is 3. The van der Waals surface area contributed by atoms with Crippen LogP contribution >= 0.6 is 0 Å². The minimum Gasteiger partial charge on any atom is -0.486 e. The average Bonchev–Trinajstić information content (AvgIpc) is 2.77. The molecule has 3 aromatic rings. The van der Waals surface area contributed by atoms with Crippen LogP contribution in [-0.2, 0) is 11.3 Å². The normalized spacial score (nSPS) is 13.0. The lowest BCUT2D eigenvalue weighted by molar-refractivity contribution is -0.139. The quantitative estimate of drug-likeness (QED) is 0.528. The molecule has 0 unspecified atom stereocenters. The second kappa shape index (κ2) is 9.50. The first kappa shape index (κ1) is 20.0. The van der Waals surface area contributed by atoms with E-state index in [2.05, 4.69) is 52.7 Å². The third kappa shape index (κ3) is 4.83. The predicted molar refractivity (Wildman–Crippen MR) is 118 cm³/mol. The van der Waals surface area contributed by atoms with E-state index in [1.165, 1.54) is 16.3 Å². The molecule has 0 amide bonds. The molecule has 1 heterocycles. The van der Waals surface area contributed by atoms with E-state index in [-0.39, 0.29) is 6.61 Å². The van der Waals surface area contributed by atoms with Crippen LogP contribution in [0.3, 0.4) is 0 Å². The highest BCUT2D eigenvalue weighted by Crippen LogP contribution is 2.39. The molecule has 0 aromatic heterocycles. The first-order valence-corrected chi connectivity index (χ1v) is 10.2. The Balaban J connectivity index is 1.28. The van der Waals surface area contributed by atoms with E-state index in [1.54, 1.807) is 6.07 Å². The smallest absolute Gasteiger partial charge is 0.341 e. The monoisotopic (exact) mass is 406 g/mol. The zero-order valence-corrected chi connectivity index (χ0v) is 16.8. The minimum absolute atomic E-state index is 0.376. The fourth-order valence-corrected chi connectivity index (χ4v) is 3.74. The predicted octanol–water partition coefficient (Wildman–Crippen LogP) is 3.68. The molecule has 0 aliphatic carbocycles. The topological polar surface area (TPSA) is 71.0 Å². The van der Waals surface area contributed by atoms with Crippen LogP contribution in [0.2, 0.25) is 0 Å². The minimum atomic E-state index is -1.00. The van der Waals surface area contributed by atoms with Crippen LogP contribution in [0.5, 0.6) is 11.5 Å². The first-order chi connectivity index (χ1) is 14.7. The van der Waals surface area contributed by atoms with E-state index in [0.29, 0.717) is 18.1 Å². The summed E-state index contributed by atoms with van der Waals surface area (Å²) in [6.45, 7) is 3.64. The number of carboxylic acids is 1. The Bertz CT molecular complexity index is 1020. The number of nitrogens with zero attached hydrogens (tertiary/aromatic N) is 1. The van der Waals surface area contributed by atoms with E-state index < -0.39 is 5.97 Å². The molecule has 4 rings (SSSR count). The van der Waals surface area contributed by atoms with E-state index in [0.717, 1.165) is 38.3 Å². The molecule has 0 bridgehead atoms. The van der Waals surface area contributed by atoms with E-state index in [1.807, 2.05) is 12.1 Å². The lowest BCUT2D eigenvalue weighted by Crippen LogP contribution is -2.35. The van der Waals surface area contributed by atoms with Crippen LogP contribution in [0, 0.1) is 0 Å². The maximum atomic E-state index is 10.8. The van der Waals surface area contributed by atoms with E-state index >= 15 is 0 Å². The molecule has 6 nitrogen and oxygen atoms in total. The van der Waals surface area contributed by atoms with Crippen molar-refractivity contribution in [3.8, 4) is 11.5 Å². The number of anilines is 1. The maximum Gasteiger partial charge on any atom is 0.341 e. The summed E-state index contributed by atoms with van der Waals surface area (Å²) < 4.78 is 11.1. The van der Waals surface area contributed by atoms with Gasteiger partial charge < -0.3 is 24.8 Å². The van der Waals surface area contributed by atoms with Crippen LogP contribution in [0.15, 0.2) is 60.7 Å². The van der Waals surface area contributed by atoms with Crippen LogP contribution in [0.25, 0.3) is 10.8 Å². The number of nitrogens with one attached hydrogen (secondary N) is 1. The Morgan fingerprint density at radius 3 is 2.83 bits per heavy atom. The van der Waals surface area contributed by atoms with Gasteiger partial charge in [0.25, 0.3) is 0 Å². The highest BCUT2D eigenvalue weighted by molar-refractivity contribution is 5.83. The largest absolute Gasteiger partial charge is 0.486 e. The zero-order chi connectivity index (χ0) is 20.8. The number of fused-ring (bicyclic) bond motifs is 2. The average molecular weight is 406 g/mol. The van der Waals surface area contributed by atoms with Crippen molar-refractivity contribution in [3.63, 3.8) is 0 Å². The number of aliphatic carboxylic acids is 1. The molecule has 30 heavy (non-hydrogen) atoms. The highest BCUT2D eigenvalue weighted by atomic mass is 16.5. The molecule has 0 saturated heterocycles. The number of ether oxygens (including phenoxy) is 2. The van der Waals surface area contributed by atoms with Gasteiger partial charge in [0.15, 0.2) is 18.1 Å². The first-order valence-electron chi connectivity index (χ1n) is 10.2. The fourth-order valence-electron chi connectivity index (χ4n) is 3.74. The van der Waals surface area contributed by atoms with Gasteiger partial charge in [-0.2, -0.15) is 0 Å². The second-order valence-electron chi connectivity index (χ2n) is 7.33. The number of carbonyl (C=O) groups is 1. The summed E-state index contributed by atoms with van der Waals surface area (Å²) in [4.78, 5) is 13.1. The lowest BCUT2D eigenvalue weighted by Gasteiger charge is -2.32. The van der Waals surface area contributed by atoms with Gasteiger partial charge in [-0.3, -0.25) is 0 Å². The Kier molecular flexibility index (Phi) is 6.35. The summed E-state index contributed by atoms with van der Waals surface area (Å²) in [6.07, 6.45) is 0.993. The molecule has 1 aliphatic rings. The van der Waals surface area contributed by atoms with Gasteiger partial charge in [0, 0.05) is 13.1 Å². The molecule has 2 N–H and O–H groups in total. The van der Waals surface area contributed by atoms with Crippen molar-refractivity contribution in [2.75, 3.05) is 37.7 Å². The van der Waals surface area contributed by atoms with Crippen LogP contribution < -0.4 is 19.7 Å². The molecular formula is C24H26N2O4. The molecule has 3 aromatic carbocycles. The van der Waals surface area contributed by atoms with Crippen molar-refractivity contribution in [2.24, 2.45) is 0 Å². The van der Waals surface area contributed by atoms with Gasteiger partial charge in [0.1, 0.15) is 6.61 Å². The standard InChI is InChI=1S/C24H26N2O4/c27-23(28)17-30-22-8-3-7-21-24(22)29-14-13-26(21)12-4-11-25-16-18-9-10-19-5-1-2-6-20(19)15-18/h1-3,5-10,15,25H,4,11-14,16-17H2,(H,27,28). The molecule has 1 aliphatic heterocycles. The van der Waals surface area contributed by atoms with Gasteiger partial charge in [-0.05, 0) is 47.5 Å². The van der Waals surface area contributed by atoms with E-state index in [4.69, 9.17) is 14.6 Å². The van der Waals surface area contributed by atoms with Gasteiger partial charge >= 0.3 is 5.97 Å². The van der Waals surface area contributed by atoms with Gasteiger partial charge in [-0.25, -0.2) is 4.79 Å². The number of carboxylic acid groups (broad SMARTS) is 1. The molecule has 156 valence electrons. The Hall–Kier alpha value is -3.25. The second-order valence-corrected chi connectivity index (χ2v) is 7.33. The van der Waals surface area contributed by atoms with E-state index in [9.17, 15) is 4.79 Å². The summed E-state index contributed by atoms with van der Waals surface area (Å²) in [7, 11) is 0. The molecule has 0 radical (unpaired) electrons. The third-order valence-corrected chi connectivity index (χ3v) is 5.18. The van der Waals surface area contributed by atoms with Crippen molar-refractivity contribution in [2.45, 2.75) is 13.0 Å². The number of rotatable bonds is 9. The molecular weight excluding hydrogens is 380 g/mol. The summed E-state index contributed by atoms with van der Waals surface area (Å²) in [5.74, 6) is 0.112. The van der Waals surface area contributed by atoms with Gasteiger partial charge in [0.2, 0.25) is 0 Å². The Labute approximate surface area is 176 Å².